The van der Waals surface area contributed by atoms with Crippen molar-refractivity contribution in [3.8, 4) is 5.75 Å². The summed E-state index contributed by atoms with van der Waals surface area (Å²) in [5.41, 5.74) is 0.647. The summed E-state index contributed by atoms with van der Waals surface area (Å²) in [4.78, 5) is 34.8. The van der Waals surface area contributed by atoms with Gasteiger partial charge >= 0.3 is 0 Å². The summed E-state index contributed by atoms with van der Waals surface area (Å²) >= 11 is 0. The average Bonchev–Trinajstić information content (AvgIpc) is 2.78. The topological polar surface area (TPSA) is 95.9 Å². The van der Waals surface area contributed by atoms with E-state index in [4.69, 9.17) is 4.74 Å². The molecule has 1 fully saturated rings. The minimum atomic E-state index is -0.943. The molecular formula is C15H18N2O5. The van der Waals surface area contributed by atoms with Crippen LogP contribution in [0.5, 0.6) is 5.75 Å². The van der Waals surface area contributed by atoms with Gasteiger partial charge in [0, 0.05) is 25.5 Å². The van der Waals surface area contributed by atoms with Gasteiger partial charge in [0.15, 0.2) is 0 Å². The molecule has 3 amide bonds. The Kier molecular flexibility index (Phi) is 5.11. The Morgan fingerprint density at radius 3 is 2.41 bits per heavy atom. The maximum atomic E-state index is 11.4. The Morgan fingerprint density at radius 2 is 1.86 bits per heavy atom. The Hall–Kier alpha value is -2.41. The molecule has 0 aliphatic carbocycles. The first-order valence-corrected chi connectivity index (χ1v) is 6.97. The SMILES string of the molecule is CC(=O)Nc1ccc(OCC(O)CN2C(=O)CCC2=O)cc1. The van der Waals surface area contributed by atoms with Gasteiger partial charge in [-0.2, -0.15) is 0 Å². The number of benzene rings is 1. The lowest BCUT2D eigenvalue weighted by molar-refractivity contribution is -0.140. The molecule has 1 atom stereocenters. The molecule has 2 N–H and O–H groups in total. The standard InChI is InChI=1S/C15H18N2O5/c1-10(18)16-11-2-4-13(5-3-11)22-9-12(19)8-17-14(20)6-7-15(17)21/h2-5,12,19H,6-9H2,1H3,(H,16,18). The fraction of sp³-hybridized carbons (Fsp3) is 0.400. The minimum Gasteiger partial charge on any atom is -0.491 e. The van der Waals surface area contributed by atoms with E-state index >= 15 is 0 Å². The predicted octanol–water partition coefficient (Wildman–Crippen LogP) is 0.534. The van der Waals surface area contributed by atoms with Crippen LogP contribution in [0.15, 0.2) is 24.3 Å². The van der Waals surface area contributed by atoms with Gasteiger partial charge in [-0.3, -0.25) is 19.3 Å². The van der Waals surface area contributed by atoms with Crippen LogP contribution >= 0.6 is 0 Å². The van der Waals surface area contributed by atoms with Gasteiger partial charge < -0.3 is 15.2 Å². The van der Waals surface area contributed by atoms with Gasteiger partial charge in [0.2, 0.25) is 17.7 Å². The fourth-order valence-electron chi connectivity index (χ4n) is 2.12. The highest BCUT2D eigenvalue weighted by Gasteiger charge is 2.30. The number of likely N-dealkylation sites (tertiary alicyclic amines) is 1. The van der Waals surface area contributed by atoms with Crippen molar-refractivity contribution >= 4 is 23.4 Å². The van der Waals surface area contributed by atoms with Crippen molar-refractivity contribution in [3.05, 3.63) is 24.3 Å². The maximum absolute atomic E-state index is 11.4. The van der Waals surface area contributed by atoms with Gasteiger partial charge in [0.1, 0.15) is 18.5 Å². The number of carbonyl (C=O) groups is 3. The van der Waals surface area contributed by atoms with Gasteiger partial charge in [0.25, 0.3) is 0 Å². The summed E-state index contributed by atoms with van der Waals surface area (Å²) in [6.07, 6.45) is -0.533. The molecule has 1 saturated heterocycles. The number of hydrogen-bond donors (Lipinski definition) is 2. The second kappa shape index (κ2) is 7.04. The highest BCUT2D eigenvalue weighted by molar-refractivity contribution is 6.01. The van der Waals surface area contributed by atoms with Crippen molar-refractivity contribution in [1.82, 2.24) is 4.90 Å². The van der Waals surface area contributed by atoms with E-state index in [-0.39, 0.29) is 43.7 Å². The molecule has 7 heteroatoms. The molecular weight excluding hydrogens is 288 g/mol. The molecule has 0 saturated carbocycles. The highest BCUT2D eigenvalue weighted by atomic mass is 16.5. The molecule has 22 heavy (non-hydrogen) atoms. The number of carbonyl (C=O) groups excluding carboxylic acids is 3. The molecule has 0 aromatic heterocycles. The molecule has 0 radical (unpaired) electrons. The number of nitrogens with one attached hydrogen (secondary N) is 1. The molecule has 1 aromatic carbocycles. The Bertz CT molecular complexity index is 554. The number of β-amino-alcohol motifs (C(OH)–C–C–N with tert-alkyl or cyclic N) is 1. The van der Waals surface area contributed by atoms with Crippen molar-refractivity contribution in [2.24, 2.45) is 0 Å². The number of nitrogens with zero attached hydrogens (tertiary/aromatic N) is 1. The summed E-state index contributed by atoms with van der Waals surface area (Å²) < 4.78 is 5.40. The van der Waals surface area contributed by atoms with E-state index in [1.807, 2.05) is 0 Å². The molecule has 2 rings (SSSR count). The first kappa shape index (κ1) is 16.0. The van der Waals surface area contributed by atoms with E-state index in [0.29, 0.717) is 11.4 Å². The number of rotatable bonds is 6. The number of ether oxygens (including phenoxy) is 1. The molecule has 1 heterocycles. The number of aliphatic hydroxyl groups is 1. The fourth-order valence-corrected chi connectivity index (χ4v) is 2.12. The van der Waals surface area contributed by atoms with Crippen molar-refractivity contribution in [1.29, 1.82) is 0 Å². The number of anilines is 1. The molecule has 1 aliphatic rings. The van der Waals surface area contributed by atoms with Gasteiger partial charge in [-0.1, -0.05) is 0 Å². The van der Waals surface area contributed by atoms with Crippen LogP contribution in [0.4, 0.5) is 5.69 Å². The van der Waals surface area contributed by atoms with E-state index in [0.717, 1.165) is 4.90 Å². The van der Waals surface area contributed by atoms with Crippen molar-refractivity contribution in [2.75, 3.05) is 18.5 Å². The van der Waals surface area contributed by atoms with Crippen molar-refractivity contribution < 1.29 is 24.2 Å². The summed E-state index contributed by atoms with van der Waals surface area (Å²) in [5.74, 6) is -0.163. The second-order valence-electron chi connectivity index (χ2n) is 5.07. The first-order chi connectivity index (χ1) is 10.5. The molecule has 1 aliphatic heterocycles. The van der Waals surface area contributed by atoms with Gasteiger partial charge in [-0.05, 0) is 24.3 Å². The minimum absolute atomic E-state index is 0.0312. The van der Waals surface area contributed by atoms with Crippen LogP contribution in [0, 0.1) is 0 Å². The van der Waals surface area contributed by atoms with E-state index in [1.54, 1.807) is 24.3 Å². The predicted molar refractivity (Wildman–Crippen MR) is 78.2 cm³/mol. The zero-order valence-corrected chi connectivity index (χ0v) is 12.2. The zero-order chi connectivity index (χ0) is 16.1. The molecule has 1 aromatic rings. The summed E-state index contributed by atoms with van der Waals surface area (Å²) in [5, 5.41) is 12.5. The van der Waals surface area contributed by atoms with E-state index in [1.165, 1.54) is 6.92 Å². The van der Waals surface area contributed by atoms with Crippen LogP contribution in [0.25, 0.3) is 0 Å². The molecule has 7 nitrogen and oxygen atoms in total. The Morgan fingerprint density at radius 1 is 1.27 bits per heavy atom. The average molecular weight is 306 g/mol. The summed E-state index contributed by atoms with van der Waals surface area (Å²) in [6, 6.07) is 6.67. The summed E-state index contributed by atoms with van der Waals surface area (Å²) in [7, 11) is 0. The molecule has 1 unspecified atom stereocenters. The Labute approximate surface area is 127 Å². The Balaban J connectivity index is 1.80. The second-order valence-corrected chi connectivity index (χ2v) is 5.07. The third-order valence-electron chi connectivity index (χ3n) is 3.17. The lowest BCUT2D eigenvalue weighted by Crippen LogP contribution is -2.38. The third kappa shape index (κ3) is 4.29. The van der Waals surface area contributed by atoms with E-state index < -0.39 is 6.10 Å². The van der Waals surface area contributed by atoms with Crippen LogP contribution in [-0.2, 0) is 14.4 Å². The van der Waals surface area contributed by atoms with Crippen LogP contribution in [0.1, 0.15) is 19.8 Å². The maximum Gasteiger partial charge on any atom is 0.229 e. The van der Waals surface area contributed by atoms with Gasteiger partial charge in [-0.25, -0.2) is 0 Å². The number of aliphatic hydroxyl groups excluding tert-OH is 1. The molecule has 0 bridgehead atoms. The van der Waals surface area contributed by atoms with Gasteiger partial charge in [0.05, 0.1) is 6.54 Å². The quantitative estimate of drug-likeness (QED) is 0.748. The normalized spacial score (nSPS) is 15.8. The third-order valence-corrected chi connectivity index (χ3v) is 3.17. The first-order valence-electron chi connectivity index (χ1n) is 6.97. The summed E-state index contributed by atoms with van der Waals surface area (Å²) in [6.45, 7) is 1.33. The monoisotopic (exact) mass is 306 g/mol. The largest absolute Gasteiger partial charge is 0.491 e. The smallest absolute Gasteiger partial charge is 0.229 e. The lowest BCUT2D eigenvalue weighted by Gasteiger charge is -2.18. The molecule has 0 spiro atoms. The number of amides is 3. The van der Waals surface area contributed by atoms with Crippen molar-refractivity contribution in [2.45, 2.75) is 25.9 Å². The highest BCUT2D eigenvalue weighted by Crippen LogP contribution is 2.16. The van der Waals surface area contributed by atoms with Crippen LogP contribution in [-0.4, -0.2) is 47.0 Å². The molecule has 118 valence electrons. The number of imide groups is 1. The zero-order valence-electron chi connectivity index (χ0n) is 12.2. The number of hydrogen-bond acceptors (Lipinski definition) is 5. The van der Waals surface area contributed by atoms with Crippen LogP contribution < -0.4 is 10.1 Å². The van der Waals surface area contributed by atoms with Crippen LogP contribution in [0.2, 0.25) is 0 Å². The van der Waals surface area contributed by atoms with Crippen molar-refractivity contribution in [3.63, 3.8) is 0 Å². The van der Waals surface area contributed by atoms with E-state index in [9.17, 15) is 19.5 Å². The van der Waals surface area contributed by atoms with E-state index in [2.05, 4.69) is 5.32 Å². The lowest BCUT2D eigenvalue weighted by atomic mass is 10.3. The van der Waals surface area contributed by atoms with Gasteiger partial charge in [-0.15, -0.1) is 0 Å². The van der Waals surface area contributed by atoms with Crippen LogP contribution in [0.3, 0.4) is 0 Å².